The molecule has 0 saturated carbocycles. The summed E-state index contributed by atoms with van der Waals surface area (Å²) in [6.07, 6.45) is 2.77. The van der Waals surface area contributed by atoms with Crippen LogP contribution in [0.15, 0.2) is 58.0 Å². The maximum absolute atomic E-state index is 12.6. The van der Waals surface area contributed by atoms with Gasteiger partial charge in [-0.15, -0.1) is 11.3 Å². The molecular weight excluding hydrogens is 404 g/mol. The first-order valence-corrected chi connectivity index (χ1v) is 9.85. The Morgan fingerprint density at radius 2 is 2.03 bits per heavy atom. The van der Waals surface area contributed by atoms with E-state index in [1.165, 1.54) is 23.7 Å². The van der Waals surface area contributed by atoms with Crippen LogP contribution in [0, 0.1) is 11.3 Å². The minimum Gasteiger partial charge on any atom is -0.497 e. The van der Waals surface area contributed by atoms with Crippen LogP contribution in [0.1, 0.15) is 23.0 Å². The molecule has 0 spiro atoms. The Morgan fingerprint density at radius 1 is 1.27 bits per heavy atom. The van der Waals surface area contributed by atoms with Crippen LogP contribution in [-0.2, 0) is 9.53 Å². The molecule has 152 valence electrons. The number of nitrogens with zero attached hydrogens (tertiary/aromatic N) is 1. The van der Waals surface area contributed by atoms with Crippen molar-refractivity contribution in [3.63, 3.8) is 0 Å². The molecule has 3 rings (SSSR count). The van der Waals surface area contributed by atoms with Gasteiger partial charge in [-0.25, -0.2) is 4.79 Å². The minimum absolute atomic E-state index is 0.154. The summed E-state index contributed by atoms with van der Waals surface area (Å²) in [5, 5.41) is 14.0. The number of furan rings is 1. The minimum atomic E-state index is -0.650. The molecule has 1 amide bonds. The van der Waals surface area contributed by atoms with Gasteiger partial charge in [0.1, 0.15) is 33.7 Å². The zero-order valence-electron chi connectivity index (χ0n) is 16.3. The van der Waals surface area contributed by atoms with Crippen molar-refractivity contribution < 1.29 is 23.5 Å². The Kier molecular flexibility index (Phi) is 6.67. The van der Waals surface area contributed by atoms with Gasteiger partial charge in [0.15, 0.2) is 0 Å². The summed E-state index contributed by atoms with van der Waals surface area (Å²) in [6.45, 7) is 1.89. The first kappa shape index (κ1) is 20.9. The van der Waals surface area contributed by atoms with E-state index in [1.807, 2.05) is 18.2 Å². The maximum Gasteiger partial charge on any atom is 0.341 e. The molecule has 0 aliphatic heterocycles. The molecule has 3 aromatic rings. The van der Waals surface area contributed by atoms with Crippen LogP contribution in [0.25, 0.3) is 17.2 Å². The number of thiophene rings is 1. The van der Waals surface area contributed by atoms with Crippen LogP contribution < -0.4 is 10.1 Å². The van der Waals surface area contributed by atoms with Crippen molar-refractivity contribution in [1.29, 1.82) is 5.26 Å². The zero-order valence-corrected chi connectivity index (χ0v) is 17.1. The topological polar surface area (TPSA) is 102 Å². The lowest BCUT2D eigenvalue weighted by Crippen LogP contribution is -2.16. The lowest BCUT2D eigenvalue weighted by molar-refractivity contribution is -0.112. The SMILES string of the molecule is CCOC(=O)c1c(-c2ccc(OC)cc2)csc1NC(=O)/C(C#N)=C/c1ccco1. The molecule has 0 bridgehead atoms. The second-order valence-electron chi connectivity index (χ2n) is 5.94. The molecular formula is C22H18N2O5S. The lowest BCUT2D eigenvalue weighted by Gasteiger charge is -2.09. The summed E-state index contributed by atoms with van der Waals surface area (Å²) in [6, 6.07) is 12.3. The third-order valence-corrected chi connectivity index (χ3v) is 4.99. The van der Waals surface area contributed by atoms with E-state index in [9.17, 15) is 14.9 Å². The number of benzene rings is 1. The molecule has 0 aliphatic carbocycles. The van der Waals surface area contributed by atoms with Crippen LogP contribution in [0.5, 0.6) is 5.75 Å². The highest BCUT2D eigenvalue weighted by molar-refractivity contribution is 7.15. The van der Waals surface area contributed by atoms with Crippen LogP contribution in [-0.4, -0.2) is 25.6 Å². The van der Waals surface area contributed by atoms with Gasteiger partial charge < -0.3 is 19.2 Å². The van der Waals surface area contributed by atoms with E-state index in [-0.39, 0.29) is 17.7 Å². The van der Waals surface area contributed by atoms with E-state index in [2.05, 4.69) is 5.32 Å². The number of nitriles is 1. The highest BCUT2D eigenvalue weighted by atomic mass is 32.1. The molecule has 8 heteroatoms. The number of ether oxygens (including phenoxy) is 2. The fourth-order valence-corrected chi connectivity index (χ4v) is 3.63. The van der Waals surface area contributed by atoms with Gasteiger partial charge in [-0.3, -0.25) is 4.79 Å². The van der Waals surface area contributed by atoms with Gasteiger partial charge in [0.2, 0.25) is 0 Å². The number of anilines is 1. The number of hydrogen-bond donors (Lipinski definition) is 1. The second-order valence-corrected chi connectivity index (χ2v) is 6.82. The van der Waals surface area contributed by atoms with Crippen LogP contribution in [0.3, 0.4) is 0 Å². The predicted molar refractivity (Wildman–Crippen MR) is 113 cm³/mol. The van der Waals surface area contributed by atoms with E-state index in [0.29, 0.717) is 22.1 Å². The highest BCUT2D eigenvalue weighted by Gasteiger charge is 2.24. The molecule has 0 unspecified atom stereocenters. The van der Waals surface area contributed by atoms with Crippen molar-refractivity contribution in [3.8, 4) is 22.9 Å². The number of nitrogens with one attached hydrogen (secondary N) is 1. The summed E-state index contributed by atoms with van der Waals surface area (Å²) in [5.74, 6) is -0.157. The molecule has 2 heterocycles. The van der Waals surface area contributed by atoms with Gasteiger partial charge in [-0.1, -0.05) is 12.1 Å². The average Bonchev–Trinajstić information content (AvgIpc) is 3.42. The second kappa shape index (κ2) is 9.58. The zero-order chi connectivity index (χ0) is 21.5. The summed E-state index contributed by atoms with van der Waals surface area (Å²) >= 11 is 1.18. The standard InChI is InChI=1S/C22H18N2O5S/c1-3-28-22(26)19-18(14-6-8-16(27-2)9-7-14)13-30-21(19)24-20(25)15(12-23)11-17-5-4-10-29-17/h4-11,13H,3H2,1-2H3,(H,24,25)/b15-11+. The van der Waals surface area contributed by atoms with Gasteiger partial charge in [0, 0.05) is 17.0 Å². The summed E-state index contributed by atoms with van der Waals surface area (Å²) in [5.41, 5.74) is 1.46. The molecule has 1 aromatic carbocycles. The summed E-state index contributed by atoms with van der Waals surface area (Å²) < 4.78 is 15.5. The van der Waals surface area contributed by atoms with Crippen molar-refractivity contribution in [2.45, 2.75) is 6.92 Å². The Hall–Kier alpha value is -3.83. The Balaban J connectivity index is 1.96. The predicted octanol–water partition coefficient (Wildman–Crippen LogP) is 4.74. The van der Waals surface area contributed by atoms with Crippen molar-refractivity contribution >= 4 is 34.3 Å². The quantitative estimate of drug-likeness (QED) is 0.335. The molecule has 2 aromatic heterocycles. The fourth-order valence-electron chi connectivity index (χ4n) is 2.67. The van der Waals surface area contributed by atoms with Gasteiger partial charge in [0.25, 0.3) is 5.91 Å². The van der Waals surface area contributed by atoms with Gasteiger partial charge in [0.05, 0.1) is 20.0 Å². The molecule has 1 N–H and O–H groups in total. The first-order chi connectivity index (χ1) is 14.6. The number of carbonyl (C=O) groups is 2. The summed E-state index contributed by atoms with van der Waals surface area (Å²) in [4.78, 5) is 25.3. The Morgan fingerprint density at radius 3 is 2.63 bits per heavy atom. The number of methoxy groups -OCH3 is 1. The first-order valence-electron chi connectivity index (χ1n) is 8.97. The molecule has 7 nitrogen and oxygen atoms in total. The molecule has 0 saturated heterocycles. The Bertz CT molecular complexity index is 1110. The number of hydrogen-bond acceptors (Lipinski definition) is 7. The monoisotopic (exact) mass is 422 g/mol. The van der Waals surface area contributed by atoms with Gasteiger partial charge in [-0.2, -0.15) is 5.26 Å². The van der Waals surface area contributed by atoms with Crippen molar-refractivity contribution in [2.24, 2.45) is 0 Å². The van der Waals surface area contributed by atoms with E-state index >= 15 is 0 Å². The molecule has 0 radical (unpaired) electrons. The lowest BCUT2D eigenvalue weighted by atomic mass is 10.0. The fraction of sp³-hybridized carbons (Fsp3) is 0.136. The largest absolute Gasteiger partial charge is 0.497 e. The number of esters is 1. The van der Waals surface area contributed by atoms with E-state index in [1.54, 1.807) is 43.7 Å². The van der Waals surface area contributed by atoms with E-state index in [4.69, 9.17) is 13.9 Å². The van der Waals surface area contributed by atoms with Crippen molar-refractivity contribution in [2.75, 3.05) is 19.0 Å². The average molecular weight is 422 g/mol. The number of rotatable bonds is 7. The Labute approximate surface area is 177 Å². The normalized spacial score (nSPS) is 10.9. The van der Waals surface area contributed by atoms with E-state index < -0.39 is 11.9 Å². The van der Waals surface area contributed by atoms with Gasteiger partial charge >= 0.3 is 5.97 Å². The smallest absolute Gasteiger partial charge is 0.341 e. The number of carbonyl (C=O) groups excluding carboxylic acids is 2. The van der Waals surface area contributed by atoms with Crippen molar-refractivity contribution in [1.82, 2.24) is 0 Å². The van der Waals surface area contributed by atoms with Crippen molar-refractivity contribution in [3.05, 3.63) is 64.9 Å². The third-order valence-electron chi connectivity index (χ3n) is 4.09. The van der Waals surface area contributed by atoms with Gasteiger partial charge in [-0.05, 0) is 36.8 Å². The maximum atomic E-state index is 12.6. The molecule has 0 atom stereocenters. The molecule has 30 heavy (non-hydrogen) atoms. The van der Waals surface area contributed by atoms with E-state index in [0.717, 1.165) is 5.56 Å². The molecule has 0 fully saturated rings. The summed E-state index contributed by atoms with van der Waals surface area (Å²) in [7, 11) is 1.57. The van der Waals surface area contributed by atoms with Crippen LogP contribution in [0.4, 0.5) is 5.00 Å². The number of amides is 1. The van der Waals surface area contributed by atoms with Crippen LogP contribution in [0.2, 0.25) is 0 Å². The van der Waals surface area contributed by atoms with Crippen LogP contribution >= 0.6 is 11.3 Å². The third kappa shape index (κ3) is 4.59. The highest BCUT2D eigenvalue weighted by Crippen LogP contribution is 2.37. The molecule has 0 aliphatic rings.